The molecule has 0 saturated carbocycles. The minimum absolute atomic E-state index is 0.0618. The molecule has 0 unspecified atom stereocenters. The van der Waals surface area contributed by atoms with Crippen LogP contribution < -0.4 is 10.2 Å². The van der Waals surface area contributed by atoms with Gasteiger partial charge in [0.1, 0.15) is 23.1 Å². The maximum absolute atomic E-state index is 13.2. The Bertz CT molecular complexity index is 1030. The van der Waals surface area contributed by atoms with Gasteiger partial charge in [-0.2, -0.15) is 18.4 Å². The number of alkyl halides is 3. The van der Waals surface area contributed by atoms with Crippen LogP contribution in [0.5, 0.6) is 0 Å². The molecule has 0 atom stereocenters. The number of aryl methyl sites for hydroxylation is 1. The number of carbonyl (C=O) groups excluding carboxylic acids is 1. The highest BCUT2D eigenvalue weighted by Crippen LogP contribution is 2.38. The molecule has 174 valence electrons. The molecule has 0 aliphatic carbocycles. The Labute approximate surface area is 185 Å². The topological polar surface area (TPSA) is 70.3 Å². The number of benzene rings is 1. The van der Waals surface area contributed by atoms with Crippen LogP contribution in [0.2, 0.25) is 0 Å². The van der Waals surface area contributed by atoms with Gasteiger partial charge in [-0.25, -0.2) is 4.79 Å². The van der Waals surface area contributed by atoms with E-state index in [1.165, 1.54) is 6.07 Å². The van der Waals surface area contributed by atoms with E-state index in [0.717, 1.165) is 12.1 Å². The van der Waals surface area contributed by atoms with E-state index < -0.39 is 23.4 Å². The van der Waals surface area contributed by atoms with Crippen molar-refractivity contribution in [1.82, 2.24) is 9.88 Å². The van der Waals surface area contributed by atoms with Crippen molar-refractivity contribution in [2.45, 2.75) is 71.3 Å². The van der Waals surface area contributed by atoms with Gasteiger partial charge in [-0.15, -0.1) is 0 Å². The maximum Gasteiger partial charge on any atom is 0.416 e. The number of ether oxygens (including phenoxy) is 1. The number of alkyl carbamates (subject to hydrolysis) is 1. The molecule has 1 aromatic heterocycles. The van der Waals surface area contributed by atoms with Crippen molar-refractivity contribution in [3.05, 3.63) is 29.3 Å². The zero-order chi connectivity index (χ0) is 23.7. The van der Waals surface area contributed by atoms with Gasteiger partial charge >= 0.3 is 12.3 Å². The summed E-state index contributed by atoms with van der Waals surface area (Å²) in [7, 11) is 0. The normalized spacial score (nSPS) is 15.6. The average molecular weight is 451 g/mol. The van der Waals surface area contributed by atoms with Crippen LogP contribution in [0.4, 0.5) is 23.8 Å². The minimum atomic E-state index is -4.45. The molecule has 1 N–H and O–H groups in total. The second-order valence-electron chi connectivity index (χ2n) is 8.69. The van der Waals surface area contributed by atoms with E-state index >= 15 is 0 Å². The van der Waals surface area contributed by atoms with Crippen LogP contribution in [0.25, 0.3) is 10.9 Å². The lowest BCUT2D eigenvalue weighted by Gasteiger charge is -2.35. The van der Waals surface area contributed by atoms with E-state index in [1.807, 2.05) is 32.6 Å². The molecule has 1 aromatic carbocycles. The van der Waals surface area contributed by atoms with Crippen molar-refractivity contribution in [2.75, 3.05) is 18.0 Å². The van der Waals surface area contributed by atoms with Gasteiger partial charge in [0.2, 0.25) is 0 Å². The summed E-state index contributed by atoms with van der Waals surface area (Å²) < 4.78 is 46.9. The zero-order valence-electron chi connectivity index (χ0n) is 18.8. The van der Waals surface area contributed by atoms with Crippen molar-refractivity contribution in [3.8, 4) is 6.07 Å². The Morgan fingerprint density at radius 2 is 1.91 bits per heavy atom. The number of fused-ring (bicyclic) bond motifs is 1. The quantitative estimate of drug-likeness (QED) is 0.659. The molecule has 0 spiro atoms. The molecule has 2 aromatic rings. The summed E-state index contributed by atoms with van der Waals surface area (Å²) in [5, 5.41) is 13.2. The minimum Gasteiger partial charge on any atom is -0.444 e. The van der Waals surface area contributed by atoms with Gasteiger partial charge in [-0.3, -0.25) is 0 Å². The highest BCUT2D eigenvalue weighted by atomic mass is 19.4. The van der Waals surface area contributed by atoms with Crippen LogP contribution in [-0.2, 0) is 17.5 Å². The number of nitriles is 1. The first-order valence-corrected chi connectivity index (χ1v) is 10.9. The SMILES string of the molecule is CCn1c(N2CCC(NC(=O)OC(C)(C)CC)CC2)c(C#N)c2ccc(C(F)(F)F)cc21. The predicted molar refractivity (Wildman–Crippen MR) is 117 cm³/mol. The largest absolute Gasteiger partial charge is 0.444 e. The summed E-state index contributed by atoms with van der Waals surface area (Å²) in [6.45, 7) is 9.08. The summed E-state index contributed by atoms with van der Waals surface area (Å²) in [6.07, 6.45) is -2.91. The van der Waals surface area contributed by atoms with E-state index in [1.54, 1.807) is 4.57 Å². The number of aromatic nitrogens is 1. The second kappa shape index (κ2) is 8.93. The Kier molecular flexibility index (Phi) is 6.63. The molecule has 1 aliphatic heterocycles. The Hall–Kier alpha value is -2.89. The van der Waals surface area contributed by atoms with Gasteiger partial charge < -0.3 is 19.5 Å². The van der Waals surface area contributed by atoms with Crippen LogP contribution in [0, 0.1) is 11.3 Å². The number of nitrogens with one attached hydrogen (secondary N) is 1. The third kappa shape index (κ3) is 4.79. The van der Waals surface area contributed by atoms with Crippen molar-refractivity contribution < 1.29 is 22.7 Å². The van der Waals surface area contributed by atoms with Crippen LogP contribution in [0.3, 0.4) is 0 Å². The monoisotopic (exact) mass is 450 g/mol. The number of amides is 1. The molecule has 0 bridgehead atoms. The fraction of sp³-hybridized carbons (Fsp3) is 0.565. The smallest absolute Gasteiger partial charge is 0.416 e. The number of hydrogen-bond acceptors (Lipinski definition) is 4. The average Bonchev–Trinajstić information content (AvgIpc) is 3.06. The van der Waals surface area contributed by atoms with E-state index in [9.17, 15) is 23.2 Å². The Morgan fingerprint density at radius 1 is 1.25 bits per heavy atom. The van der Waals surface area contributed by atoms with E-state index in [4.69, 9.17) is 4.74 Å². The van der Waals surface area contributed by atoms with Crippen LogP contribution in [0.15, 0.2) is 18.2 Å². The lowest BCUT2D eigenvalue weighted by molar-refractivity contribution is -0.137. The lowest BCUT2D eigenvalue weighted by atomic mass is 10.0. The molecule has 3 rings (SSSR count). The number of carbonyl (C=O) groups is 1. The number of rotatable bonds is 5. The molecule has 1 fully saturated rings. The van der Waals surface area contributed by atoms with Crippen LogP contribution in [0.1, 0.15) is 58.1 Å². The first-order chi connectivity index (χ1) is 15.0. The van der Waals surface area contributed by atoms with Gasteiger partial charge in [0.15, 0.2) is 0 Å². The van der Waals surface area contributed by atoms with Crippen molar-refractivity contribution in [2.24, 2.45) is 0 Å². The highest BCUT2D eigenvalue weighted by molar-refractivity contribution is 5.93. The lowest BCUT2D eigenvalue weighted by Crippen LogP contribution is -2.47. The zero-order valence-corrected chi connectivity index (χ0v) is 18.8. The Morgan fingerprint density at radius 3 is 2.44 bits per heavy atom. The van der Waals surface area contributed by atoms with Gasteiger partial charge in [0, 0.05) is 31.1 Å². The number of nitrogens with zero attached hydrogens (tertiary/aromatic N) is 3. The standard InChI is InChI=1S/C23H29F3N4O2/c1-5-22(3,4)32-21(31)28-16-9-11-29(12-10-16)20-18(14-27)17-8-7-15(23(24,25)26)13-19(17)30(20)6-2/h7-8,13,16H,5-6,9-12H2,1-4H3,(H,28,31). The van der Waals surface area contributed by atoms with Crippen LogP contribution >= 0.6 is 0 Å². The van der Waals surface area contributed by atoms with E-state index in [2.05, 4.69) is 11.4 Å². The maximum atomic E-state index is 13.2. The van der Waals surface area contributed by atoms with Gasteiger partial charge in [0.25, 0.3) is 0 Å². The molecular formula is C23H29F3N4O2. The highest BCUT2D eigenvalue weighted by Gasteiger charge is 2.33. The molecule has 9 heteroatoms. The summed E-state index contributed by atoms with van der Waals surface area (Å²) in [5.41, 5.74) is -0.487. The summed E-state index contributed by atoms with van der Waals surface area (Å²) in [5.74, 6) is 0.637. The number of anilines is 1. The molecule has 2 heterocycles. The fourth-order valence-corrected chi connectivity index (χ4v) is 4.03. The molecule has 32 heavy (non-hydrogen) atoms. The predicted octanol–water partition coefficient (Wildman–Crippen LogP) is 5.44. The van der Waals surface area contributed by atoms with Crippen LogP contribution in [-0.4, -0.2) is 35.4 Å². The number of halogens is 3. The van der Waals surface area contributed by atoms with Crippen molar-refractivity contribution in [1.29, 1.82) is 5.26 Å². The summed E-state index contributed by atoms with van der Waals surface area (Å²) in [6, 6.07) is 5.64. The molecule has 1 amide bonds. The van der Waals surface area contributed by atoms with E-state index in [0.29, 0.717) is 61.2 Å². The molecule has 1 saturated heterocycles. The second-order valence-corrected chi connectivity index (χ2v) is 8.69. The third-order valence-electron chi connectivity index (χ3n) is 6.13. The summed E-state index contributed by atoms with van der Waals surface area (Å²) in [4.78, 5) is 14.2. The molecular weight excluding hydrogens is 421 g/mol. The first-order valence-electron chi connectivity index (χ1n) is 10.9. The van der Waals surface area contributed by atoms with E-state index in [-0.39, 0.29) is 6.04 Å². The van der Waals surface area contributed by atoms with Crippen molar-refractivity contribution >= 4 is 22.8 Å². The molecule has 6 nitrogen and oxygen atoms in total. The fourth-order valence-electron chi connectivity index (χ4n) is 4.03. The first kappa shape index (κ1) is 23.8. The number of hydrogen-bond donors (Lipinski definition) is 1. The summed E-state index contributed by atoms with van der Waals surface area (Å²) >= 11 is 0. The van der Waals surface area contributed by atoms with Crippen molar-refractivity contribution in [3.63, 3.8) is 0 Å². The molecule has 0 radical (unpaired) electrons. The number of piperidine rings is 1. The third-order valence-corrected chi connectivity index (χ3v) is 6.13. The van der Waals surface area contributed by atoms with Gasteiger partial charge in [0.05, 0.1) is 11.1 Å². The Balaban J connectivity index is 1.82. The van der Waals surface area contributed by atoms with Gasteiger partial charge in [-0.1, -0.05) is 13.0 Å². The molecule has 1 aliphatic rings. The van der Waals surface area contributed by atoms with Gasteiger partial charge in [-0.05, 0) is 52.2 Å².